The van der Waals surface area contributed by atoms with Crippen LogP contribution in [-0.4, -0.2) is 36.7 Å². The summed E-state index contributed by atoms with van der Waals surface area (Å²) in [5.41, 5.74) is 0.522. The molecule has 2 rings (SSSR count). The zero-order valence-electron chi connectivity index (χ0n) is 13.5. The average molecular weight is 267 g/mol. The van der Waals surface area contributed by atoms with Crippen LogP contribution in [0.15, 0.2) is 0 Å². The first-order chi connectivity index (χ1) is 9.06. The molecule has 2 aliphatic heterocycles. The maximum atomic E-state index is 6.16. The van der Waals surface area contributed by atoms with Gasteiger partial charge in [-0.3, -0.25) is 0 Å². The monoisotopic (exact) mass is 267 g/mol. The third-order valence-electron chi connectivity index (χ3n) is 5.49. The van der Waals surface area contributed by atoms with Crippen molar-refractivity contribution in [3.05, 3.63) is 0 Å². The molecule has 2 aliphatic rings. The Balaban J connectivity index is 1.80. The minimum atomic E-state index is 0.516. The quantitative estimate of drug-likeness (QED) is 0.760. The van der Waals surface area contributed by atoms with E-state index in [1.807, 2.05) is 0 Å². The number of piperidine rings is 1. The summed E-state index contributed by atoms with van der Waals surface area (Å²) in [4.78, 5) is 2.70. The van der Waals surface area contributed by atoms with Crippen LogP contribution in [0.4, 0.5) is 0 Å². The van der Waals surface area contributed by atoms with E-state index < -0.39 is 0 Å². The predicted octanol–water partition coefficient (Wildman–Crippen LogP) is 4.09. The Labute approximate surface area is 119 Å². The van der Waals surface area contributed by atoms with Gasteiger partial charge in [-0.25, -0.2) is 0 Å². The summed E-state index contributed by atoms with van der Waals surface area (Å²) >= 11 is 0. The van der Waals surface area contributed by atoms with Crippen LogP contribution in [0.2, 0.25) is 0 Å². The van der Waals surface area contributed by atoms with E-state index in [9.17, 15) is 0 Å². The van der Waals surface area contributed by atoms with Gasteiger partial charge in [0.2, 0.25) is 0 Å². The first-order valence-corrected chi connectivity index (χ1v) is 8.42. The molecule has 0 bridgehead atoms. The minimum Gasteiger partial charge on any atom is -0.377 e. The largest absolute Gasteiger partial charge is 0.377 e. The lowest BCUT2D eigenvalue weighted by molar-refractivity contribution is -0.103. The fraction of sp³-hybridized carbons (Fsp3) is 1.00. The van der Waals surface area contributed by atoms with E-state index in [-0.39, 0.29) is 0 Å². The molecule has 2 nitrogen and oxygen atoms in total. The minimum absolute atomic E-state index is 0.516. The lowest BCUT2D eigenvalue weighted by atomic mass is 9.72. The van der Waals surface area contributed by atoms with Crippen molar-refractivity contribution in [2.24, 2.45) is 11.3 Å². The van der Waals surface area contributed by atoms with Gasteiger partial charge in [-0.1, -0.05) is 27.2 Å². The van der Waals surface area contributed by atoms with Crippen LogP contribution in [0.3, 0.4) is 0 Å². The molecule has 0 aromatic heterocycles. The Morgan fingerprint density at radius 3 is 2.32 bits per heavy atom. The summed E-state index contributed by atoms with van der Waals surface area (Å²) in [5.74, 6) is 0.682. The van der Waals surface area contributed by atoms with Crippen molar-refractivity contribution in [1.29, 1.82) is 0 Å². The molecule has 0 aromatic rings. The molecule has 2 fully saturated rings. The van der Waals surface area contributed by atoms with Gasteiger partial charge in [0.15, 0.2) is 0 Å². The van der Waals surface area contributed by atoms with E-state index in [0.717, 1.165) is 12.6 Å². The van der Waals surface area contributed by atoms with Crippen LogP contribution in [-0.2, 0) is 4.74 Å². The highest BCUT2D eigenvalue weighted by atomic mass is 16.5. The molecule has 2 unspecified atom stereocenters. The molecule has 19 heavy (non-hydrogen) atoms. The van der Waals surface area contributed by atoms with Crippen molar-refractivity contribution in [2.45, 2.75) is 78.4 Å². The Kier molecular flexibility index (Phi) is 5.30. The SMILES string of the molecule is CCCC(C)N1CCC2(CCC(C(C)C)OC2)CC1. The maximum absolute atomic E-state index is 6.16. The van der Waals surface area contributed by atoms with Gasteiger partial charge in [-0.2, -0.15) is 0 Å². The summed E-state index contributed by atoms with van der Waals surface area (Å²) in [6, 6.07) is 0.773. The first kappa shape index (κ1) is 15.3. The Bertz CT molecular complexity index is 258. The molecular formula is C17H33NO. The number of hydrogen-bond donors (Lipinski definition) is 0. The van der Waals surface area contributed by atoms with Crippen molar-refractivity contribution in [3.8, 4) is 0 Å². The molecule has 2 saturated heterocycles. The lowest BCUT2D eigenvalue weighted by Gasteiger charge is -2.47. The van der Waals surface area contributed by atoms with Gasteiger partial charge in [-0.15, -0.1) is 0 Å². The van der Waals surface area contributed by atoms with Gasteiger partial charge < -0.3 is 9.64 Å². The van der Waals surface area contributed by atoms with E-state index in [4.69, 9.17) is 4.74 Å². The van der Waals surface area contributed by atoms with Crippen LogP contribution in [0.5, 0.6) is 0 Å². The highest BCUT2D eigenvalue weighted by Gasteiger charge is 2.39. The Morgan fingerprint density at radius 1 is 1.16 bits per heavy atom. The third kappa shape index (κ3) is 3.72. The van der Waals surface area contributed by atoms with Gasteiger partial charge in [0.05, 0.1) is 12.7 Å². The molecule has 0 aliphatic carbocycles. The number of hydrogen-bond acceptors (Lipinski definition) is 2. The first-order valence-electron chi connectivity index (χ1n) is 8.42. The number of rotatable bonds is 4. The van der Waals surface area contributed by atoms with E-state index >= 15 is 0 Å². The zero-order valence-corrected chi connectivity index (χ0v) is 13.5. The molecule has 0 N–H and O–H groups in total. The summed E-state index contributed by atoms with van der Waals surface area (Å²) in [6.07, 6.45) is 8.55. The molecule has 0 amide bonds. The molecule has 0 aromatic carbocycles. The van der Waals surface area contributed by atoms with E-state index in [1.165, 1.54) is 51.6 Å². The van der Waals surface area contributed by atoms with Crippen molar-refractivity contribution in [1.82, 2.24) is 4.90 Å². The van der Waals surface area contributed by atoms with Gasteiger partial charge in [0.25, 0.3) is 0 Å². The number of nitrogens with zero attached hydrogens (tertiary/aromatic N) is 1. The van der Waals surface area contributed by atoms with Crippen LogP contribution < -0.4 is 0 Å². The fourth-order valence-corrected chi connectivity index (χ4v) is 3.85. The van der Waals surface area contributed by atoms with Gasteiger partial charge in [0, 0.05) is 6.04 Å². The zero-order chi connectivity index (χ0) is 13.9. The lowest BCUT2D eigenvalue weighted by Crippen LogP contribution is -2.48. The highest BCUT2D eigenvalue weighted by molar-refractivity contribution is 4.91. The van der Waals surface area contributed by atoms with E-state index in [1.54, 1.807) is 0 Å². The second-order valence-corrected chi connectivity index (χ2v) is 7.31. The van der Waals surface area contributed by atoms with Gasteiger partial charge in [-0.05, 0) is 63.5 Å². The van der Waals surface area contributed by atoms with Crippen LogP contribution in [0.1, 0.15) is 66.2 Å². The third-order valence-corrected chi connectivity index (χ3v) is 5.49. The summed E-state index contributed by atoms with van der Waals surface area (Å²) in [7, 11) is 0. The molecule has 1 spiro atoms. The van der Waals surface area contributed by atoms with Gasteiger partial charge >= 0.3 is 0 Å². The summed E-state index contributed by atoms with van der Waals surface area (Å²) < 4.78 is 6.16. The van der Waals surface area contributed by atoms with Crippen molar-refractivity contribution >= 4 is 0 Å². The van der Waals surface area contributed by atoms with Crippen LogP contribution in [0.25, 0.3) is 0 Å². The Hall–Kier alpha value is -0.0800. The highest BCUT2D eigenvalue weighted by Crippen LogP contribution is 2.42. The van der Waals surface area contributed by atoms with Crippen molar-refractivity contribution in [3.63, 3.8) is 0 Å². The molecule has 2 heterocycles. The molecule has 2 heteroatoms. The Morgan fingerprint density at radius 2 is 1.84 bits per heavy atom. The predicted molar refractivity (Wildman–Crippen MR) is 81.4 cm³/mol. The molecule has 0 radical (unpaired) electrons. The topological polar surface area (TPSA) is 12.5 Å². The summed E-state index contributed by atoms with van der Waals surface area (Å²) in [6.45, 7) is 12.9. The van der Waals surface area contributed by atoms with E-state index in [2.05, 4.69) is 32.6 Å². The van der Waals surface area contributed by atoms with Gasteiger partial charge in [0.1, 0.15) is 0 Å². The second kappa shape index (κ2) is 6.58. The average Bonchev–Trinajstić information content (AvgIpc) is 2.40. The van der Waals surface area contributed by atoms with E-state index in [0.29, 0.717) is 17.4 Å². The standard InChI is InChI=1S/C17H33NO/c1-5-6-15(4)18-11-9-17(10-12-18)8-7-16(14(2)3)19-13-17/h14-16H,5-13H2,1-4H3. The molecule has 0 saturated carbocycles. The van der Waals surface area contributed by atoms with Crippen molar-refractivity contribution in [2.75, 3.05) is 19.7 Å². The van der Waals surface area contributed by atoms with Crippen LogP contribution in [0, 0.1) is 11.3 Å². The molecule has 112 valence electrons. The van der Waals surface area contributed by atoms with Crippen molar-refractivity contribution < 1.29 is 4.74 Å². The maximum Gasteiger partial charge on any atom is 0.0598 e. The normalized spacial score (nSPS) is 29.8. The smallest absolute Gasteiger partial charge is 0.0598 e. The summed E-state index contributed by atoms with van der Waals surface area (Å²) in [5, 5.41) is 0. The number of ether oxygens (including phenoxy) is 1. The molecule has 2 atom stereocenters. The fourth-order valence-electron chi connectivity index (χ4n) is 3.85. The molecular weight excluding hydrogens is 234 g/mol. The second-order valence-electron chi connectivity index (χ2n) is 7.31. The number of likely N-dealkylation sites (tertiary alicyclic amines) is 1. The van der Waals surface area contributed by atoms with Crippen LogP contribution >= 0.6 is 0 Å².